The smallest absolute Gasteiger partial charge is 0.241 e. The van der Waals surface area contributed by atoms with E-state index in [2.05, 4.69) is 10.7 Å². The summed E-state index contributed by atoms with van der Waals surface area (Å²) in [5, 5.41) is 4.41. The maximum absolute atomic E-state index is 12.0. The highest BCUT2D eigenvalue weighted by atomic mass is 16.2. The van der Waals surface area contributed by atoms with E-state index in [4.69, 9.17) is 0 Å². The van der Waals surface area contributed by atoms with Gasteiger partial charge in [0.05, 0.1) is 18.2 Å². The molecule has 108 valence electrons. The van der Waals surface area contributed by atoms with Crippen LogP contribution in [0, 0.1) is 11.8 Å². The Morgan fingerprint density at radius 3 is 2.70 bits per heavy atom. The van der Waals surface area contributed by atoms with Crippen molar-refractivity contribution in [2.75, 3.05) is 18.5 Å². The van der Waals surface area contributed by atoms with Gasteiger partial charge in [-0.2, -0.15) is 0 Å². The summed E-state index contributed by atoms with van der Waals surface area (Å²) in [5.74, 6) is 0.0648. The maximum Gasteiger partial charge on any atom is 0.241 e. The van der Waals surface area contributed by atoms with Gasteiger partial charge in [-0.1, -0.05) is 32.0 Å². The van der Waals surface area contributed by atoms with Crippen molar-refractivity contribution in [2.24, 2.45) is 11.8 Å². The minimum absolute atomic E-state index is 0.0376. The van der Waals surface area contributed by atoms with Crippen LogP contribution in [0.15, 0.2) is 30.3 Å². The zero-order chi connectivity index (χ0) is 14.5. The van der Waals surface area contributed by atoms with Crippen molar-refractivity contribution in [3.05, 3.63) is 30.3 Å². The summed E-state index contributed by atoms with van der Waals surface area (Å²) in [7, 11) is 0. The first-order chi connectivity index (χ1) is 9.56. The number of para-hydroxylation sites is 1. The monoisotopic (exact) mass is 275 g/mol. The predicted molar refractivity (Wildman–Crippen MR) is 77.7 cm³/mol. The maximum atomic E-state index is 12.0. The molecule has 5 heteroatoms. The number of anilines is 1. The number of carbonyl (C=O) groups excluding carboxylic acids is 2. The Balaban J connectivity index is 1.89. The van der Waals surface area contributed by atoms with E-state index < -0.39 is 0 Å². The molecule has 2 N–H and O–H groups in total. The summed E-state index contributed by atoms with van der Waals surface area (Å²) in [6.07, 6.45) is 0.268. The van der Waals surface area contributed by atoms with Crippen LogP contribution in [0.3, 0.4) is 0 Å². The van der Waals surface area contributed by atoms with Crippen molar-refractivity contribution >= 4 is 17.5 Å². The number of rotatable bonds is 5. The third-order valence-corrected chi connectivity index (χ3v) is 3.22. The lowest BCUT2D eigenvalue weighted by atomic mass is 10.1. The molecule has 2 rings (SSSR count). The first-order valence-electron chi connectivity index (χ1n) is 6.96. The molecule has 1 atom stereocenters. The van der Waals surface area contributed by atoms with E-state index in [0.29, 0.717) is 19.0 Å². The van der Waals surface area contributed by atoms with E-state index in [1.807, 2.05) is 44.2 Å². The molecule has 20 heavy (non-hydrogen) atoms. The van der Waals surface area contributed by atoms with E-state index in [-0.39, 0.29) is 24.2 Å². The number of nitrogens with zero attached hydrogens (tertiary/aromatic N) is 1. The molecule has 1 aliphatic rings. The normalized spacial score (nSPS) is 18.4. The van der Waals surface area contributed by atoms with Gasteiger partial charge in [-0.3, -0.25) is 20.0 Å². The van der Waals surface area contributed by atoms with Crippen molar-refractivity contribution < 1.29 is 9.59 Å². The summed E-state index contributed by atoms with van der Waals surface area (Å²) in [6.45, 7) is 5.15. The highest BCUT2D eigenvalue weighted by molar-refractivity contribution is 5.89. The van der Waals surface area contributed by atoms with E-state index >= 15 is 0 Å². The molecular formula is C15H21N3O2. The molecule has 5 nitrogen and oxygen atoms in total. The molecule has 1 aliphatic heterocycles. The SMILES string of the molecule is CC(C)CNC(=O)[C@@H]1CC(=O)N(Nc2ccccc2)C1. The predicted octanol–water partition coefficient (Wildman–Crippen LogP) is 1.63. The minimum atomic E-state index is -0.266. The lowest BCUT2D eigenvalue weighted by Crippen LogP contribution is -2.36. The van der Waals surface area contributed by atoms with Crippen LogP contribution in [0.1, 0.15) is 20.3 Å². The van der Waals surface area contributed by atoms with Crippen molar-refractivity contribution in [1.29, 1.82) is 0 Å². The molecule has 0 bridgehead atoms. The molecule has 1 heterocycles. The van der Waals surface area contributed by atoms with Crippen LogP contribution < -0.4 is 10.7 Å². The first-order valence-corrected chi connectivity index (χ1v) is 6.96. The molecule has 0 unspecified atom stereocenters. The number of hydrogen-bond acceptors (Lipinski definition) is 3. The standard InChI is InChI=1S/C15H21N3O2/c1-11(2)9-16-15(20)12-8-14(19)18(10-12)17-13-6-4-3-5-7-13/h3-7,11-12,17H,8-10H2,1-2H3,(H,16,20)/t12-/m1/s1. The molecule has 1 aromatic rings. The van der Waals surface area contributed by atoms with Crippen LogP contribution in [0.25, 0.3) is 0 Å². The van der Waals surface area contributed by atoms with Crippen LogP contribution in [-0.2, 0) is 9.59 Å². The zero-order valence-electron chi connectivity index (χ0n) is 11.9. The molecule has 0 spiro atoms. The number of carbonyl (C=O) groups is 2. The van der Waals surface area contributed by atoms with E-state index in [1.165, 1.54) is 5.01 Å². The molecule has 0 aromatic heterocycles. The van der Waals surface area contributed by atoms with Crippen LogP contribution in [-0.4, -0.2) is 29.9 Å². The summed E-state index contributed by atoms with van der Waals surface area (Å²) in [6, 6.07) is 9.49. The lowest BCUT2D eigenvalue weighted by Gasteiger charge is -2.19. The second kappa shape index (κ2) is 6.41. The Labute approximate surface area is 119 Å². The summed E-state index contributed by atoms with van der Waals surface area (Å²) in [4.78, 5) is 23.9. The van der Waals surface area contributed by atoms with Crippen molar-refractivity contribution in [1.82, 2.24) is 10.3 Å². The molecule has 1 aromatic carbocycles. The molecule has 1 saturated heterocycles. The first kappa shape index (κ1) is 14.4. The van der Waals surface area contributed by atoms with E-state index in [0.717, 1.165) is 5.69 Å². The van der Waals surface area contributed by atoms with Crippen LogP contribution in [0.4, 0.5) is 5.69 Å². The Morgan fingerprint density at radius 2 is 2.05 bits per heavy atom. The Bertz CT molecular complexity index is 473. The van der Waals surface area contributed by atoms with Gasteiger partial charge in [-0.25, -0.2) is 0 Å². The molecule has 0 radical (unpaired) electrons. The Morgan fingerprint density at radius 1 is 1.35 bits per heavy atom. The average molecular weight is 275 g/mol. The number of benzene rings is 1. The summed E-state index contributed by atoms with van der Waals surface area (Å²) >= 11 is 0. The number of amides is 2. The number of hydrogen-bond donors (Lipinski definition) is 2. The van der Waals surface area contributed by atoms with Gasteiger partial charge in [0.25, 0.3) is 0 Å². The van der Waals surface area contributed by atoms with Gasteiger partial charge in [0, 0.05) is 13.0 Å². The third kappa shape index (κ3) is 3.73. The fourth-order valence-corrected chi connectivity index (χ4v) is 2.11. The van der Waals surface area contributed by atoms with Crippen molar-refractivity contribution in [3.8, 4) is 0 Å². The Hall–Kier alpha value is -2.04. The minimum Gasteiger partial charge on any atom is -0.356 e. The van der Waals surface area contributed by atoms with Gasteiger partial charge in [-0.15, -0.1) is 0 Å². The fraction of sp³-hybridized carbons (Fsp3) is 0.467. The largest absolute Gasteiger partial charge is 0.356 e. The number of hydrazine groups is 1. The molecule has 0 saturated carbocycles. The van der Waals surface area contributed by atoms with Gasteiger partial charge in [0.1, 0.15) is 0 Å². The van der Waals surface area contributed by atoms with Crippen molar-refractivity contribution in [2.45, 2.75) is 20.3 Å². The summed E-state index contributed by atoms with van der Waals surface area (Å²) in [5.41, 5.74) is 3.90. The van der Waals surface area contributed by atoms with Crippen LogP contribution in [0.5, 0.6) is 0 Å². The molecule has 1 fully saturated rings. The highest BCUT2D eigenvalue weighted by Gasteiger charge is 2.34. The van der Waals surface area contributed by atoms with Crippen LogP contribution in [0.2, 0.25) is 0 Å². The lowest BCUT2D eigenvalue weighted by molar-refractivity contribution is -0.128. The average Bonchev–Trinajstić information content (AvgIpc) is 2.79. The van der Waals surface area contributed by atoms with Gasteiger partial charge in [-0.05, 0) is 18.1 Å². The van der Waals surface area contributed by atoms with Gasteiger partial charge in [0.2, 0.25) is 11.8 Å². The molecule has 0 aliphatic carbocycles. The Kier molecular flexibility index (Phi) is 4.61. The zero-order valence-corrected chi connectivity index (χ0v) is 11.9. The van der Waals surface area contributed by atoms with E-state index in [9.17, 15) is 9.59 Å². The molecular weight excluding hydrogens is 254 g/mol. The van der Waals surface area contributed by atoms with Crippen molar-refractivity contribution in [3.63, 3.8) is 0 Å². The number of nitrogens with one attached hydrogen (secondary N) is 2. The van der Waals surface area contributed by atoms with Crippen LogP contribution >= 0.6 is 0 Å². The van der Waals surface area contributed by atoms with Gasteiger partial charge < -0.3 is 5.32 Å². The topological polar surface area (TPSA) is 61.4 Å². The second-order valence-electron chi connectivity index (χ2n) is 5.52. The van der Waals surface area contributed by atoms with Gasteiger partial charge >= 0.3 is 0 Å². The summed E-state index contributed by atoms with van der Waals surface area (Å²) < 4.78 is 0. The quantitative estimate of drug-likeness (QED) is 0.858. The van der Waals surface area contributed by atoms with Gasteiger partial charge in [0.15, 0.2) is 0 Å². The highest BCUT2D eigenvalue weighted by Crippen LogP contribution is 2.19. The second-order valence-corrected chi connectivity index (χ2v) is 5.52. The molecule has 2 amide bonds. The fourth-order valence-electron chi connectivity index (χ4n) is 2.11. The third-order valence-electron chi connectivity index (χ3n) is 3.22. The van der Waals surface area contributed by atoms with E-state index in [1.54, 1.807) is 0 Å².